The van der Waals surface area contributed by atoms with Gasteiger partial charge in [0.1, 0.15) is 0 Å². The normalized spacial score (nSPS) is 21.9. The Labute approximate surface area is 109 Å². The molecule has 5 nitrogen and oxygen atoms in total. The van der Waals surface area contributed by atoms with Crippen LogP contribution in [0.3, 0.4) is 0 Å². The third-order valence-corrected chi connectivity index (χ3v) is 2.92. The van der Waals surface area contributed by atoms with E-state index in [2.05, 4.69) is 26.6 Å². The monoisotopic (exact) mass is 269 g/mol. The second kappa shape index (κ2) is 5.39. The van der Waals surface area contributed by atoms with Gasteiger partial charge in [0.05, 0.1) is 23.0 Å². The number of nitrogens with one attached hydrogen (secondary N) is 2. The quantitative estimate of drug-likeness (QED) is 0.656. The summed E-state index contributed by atoms with van der Waals surface area (Å²) >= 11 is 7.10. The fourth-order valence-corrected chi connectivity index (χ4v) is 1.99. The van der Waals surface area contributed by atoms with Gasteiger partial charge < -0.3 is 10.0 Å². The molecule has 7 heteroatoms. The first-order valence-electron chi connectivity index (χ1n) is 4.98. The molecule has 0 fully saturated rings. The van der Waals surface area contributed by atoms with Gasteiger partial charge in [-0.1, -0.05) is 18.2 Å². The predicted molar refractivity (Wildman–Crippen MR) is 73.8 cm³/mol. The molecule has 0 unspecified atom stereocenters. The molecule has 0 aromatic heterocycles. The van der Waals surface area contributed by atoms with Crippen LogP contribution in [0.2, 0.25) is 0 Å². The van der Waals surface area contributed by atoms with Crippen molar-refractivity contribution in [2.24, 2.45) is 15.1 Å². The number of hydrogen-bond acceptors (Lipinski definition) is 6. The number of nitrogens with two attached hydrogens (primary N) is 1. The molecule has 2 aliphatic rings. The maximum atomic E-state index is 6.10. The van der Waals surface area contributed by atoms with Gasteiger partial charge in [0, 0.05) is 24.3 Å². The lowest BCUT2D eigenvalue weighted by Crippen LogP contribution is -2.22. The number of aliphatic imine (C=N–C) groups is 2. The van der Waals surface area contributed by atoms with E-state index >= 15 is 0 Å². The molecular weight excluding hydrogens is 258 g/mol. The van der Waals surface area contributed by atoms with Gasteiger partial charge in [-0.15, -0.1) is 0 Å². The minimum Gasteiger partial charge on any atom is -0.353 e. The van der Waals surface area contributed by atoms with Gasteiger partial charge in [0.2, 0.25) is 5.96 Å². The van der Waals surface area contributed by atoms with Crippen LogP contribution in [-0.2, 0) is 0 Å². The van der Waals surface area contributed by atoms with Crippen LogP contribution in [0.5, 0.6) is 0 Å². The standard InChI is InChI=1S/C10H12ClN5S/c1-6-8(16-17-12)3-2-7(11)9(6)15-10-13-4-5-14-10/h2-3,16H,1,4-5,12H2,(H,13,14). The molecule has 1 aliphatic heterocycles. The van der Waals surface area contributed by atoms with E-state index in [1.165, 1.54) is 0 Å². The van der Waals surface area contributed by atoms with Crippen LogP contribution in [0.1, 0.15) is 0 Å². The van der Waals surface area contributed by atoms with Gasteiger partial charge in [0.25, 0.3) is 0 Å². The van der Waals surface area contributed by atoms with E-state index in [9.17, 15) is 0 Å². The Kier molecular flexibility index (Phi) is 3.88. The lowest BCUT2D eigenvalue weighted by molar-refractivity contribution is 0.957. The first kappa shape index (κ1) is 12.2. The molecule has 4 N–H and O–H groups in total. The molecule has 0 saturated heterocycles. The number of halogens is 1. The van der Waals surface area contributed by atoms with Gasteiger partial charge in [-0.25, -0.2) is 9.98 Å². The van der Waals surface area contributed by atoms with Crippen LogP contribution in [0.4, 0.5) is 0 Å². The van der Waals surface area contributed by atoms with E-state index in [4.69, 9.17) is 16.7 Å². The van der Waals surface area contributed by atoms with Crippen molar-refractivity contribution in [1.82, 2.24) is 10.0 Å². The van der Waals surface area contributed by atoms with Gasteiger partial charge in [-0.3, -0.25) is 5.14 Å². The molecule has 1 aliphatic carbocycles. The van der Waals surface area contributed by atoms with Crippen LogP contribution in [-0.4, -0.2) is 24.8 Å². The van der Waals surface area contributed by atoms with Crippen LogP contribution in [0, 0.1) is 0 Å². The Morgan fingerprint density at radius 1 is 1.59 bits per heavy atom. The van der Waals surface area contributed by atoms with Crippen LogP contribution >= 0.6 is 23.7 Å². The van der Waals surface area contributed by atoms with E-state index < -0.39 is 0 Å². The molecular formula is C10H12ClN5S. The number of guanidine groups is 1. The summed E-state index contributed by atoms with van der Waals surface area (Å²) in [6.07, 6.45) is 3.57. The minimum atomic E-state index is 0.541. The van der Waals surface area contributed by atoms with E-state index in [0.29, 0.717) is 22.3 Å². The molecule has 0 saturated carbocycles. The zero-order valence-corrected chi connectivity index (χ0v) is 10.6. The molecule has 0 aromatic carbocycles. The fourth-order valence-electron chi connectivity index (χ4n) is 1.45. The lowest BCUT2D eigenvalue weighted by Gasteiger charge is -2.16. The zero-order chi connectivity index (χ0) is 12.3. The Morgan fingerprint density at radius 3 is 3.06 bits per heavy atom. The summed E-state index contributed by atoms with van der Waals surface area (Å²) in [6.45, 7) is 5.49. The first-order valence-corrected chi connectivity index (χ1v) is 6.24. The summed E-state index contributed by atoms with van der Waals surface area (Å²) < 4.78 is 2.92. The average Bonchev–Trinajstić information content (AvgIpc) is 2.81. The van der Waals surface area contributed by atoms with Crippen LogP contribution in [0.15, 0.2) is 45.0 Å². The summed E-state index contributed by atoms with van der Waals surface area (Å²) in [5.41, 5.74) is 2.10. The third kappa shape index (κ3) is 2.71. The minimum absolute atomic E-state index is 0.541. The van der Waals surface area contributed by atoms with Gasteiger partial charge in [-0.2, -0.15) is 0 Å². The summed E-state index contributed by atoms with van der Waals surface area (Å²) in [4.78, 5) is 8.55. The van der Waals surface area contributed by atoms with Crippen molar-refractivity contribution < 1.29 is 0 Å². The van der Waals surface area contributed by atoms with E-state index in [1.54, 1.807) is 6.08 Å². The van der Waals surface area contributed by atoms with Crippen LogP contribution in [0.25, 0.3) is 0 Å². The Bertz CT molecular complexity index is 463. The van der Waals surface area contributed by atoms with Crippen molar-refractivity contribution >= 4 is 35.4 Å². The second-order valence-corrected chi connectivity index (χ2v) is 4.23. The highest BCUT2D eigenvalue weighted by Crippen LogP contribution is 2.23. The van der Waals surface area contributed by atoms with Crippen LogP contribution < -0.4 is 15.2 Å². The molecule has 17 heavy (non-hydrogen) atoms. The Morgan fingerprint density at radius 2 is 2.41 bits per heavy atom. The smallest absolute Gasteiger partial charge is 0.218 e. The van der Waals surface area contributed by atoms with E-state index in [0.717, 1.165) is 30.9 Å². The molecule has 0 bridgehead atoms. The van der Waals surface area contributed by atoms with Crippen molar-refractivity contribution in [2.45, 2.75) is 0 Å². The molecule has 90 valence electrons. The van der Waals surface area contributed by atoms with Crippen molar-refractivity contribution in [1.29, 1.82) is 0 Å². The molecule has 0 radical (unpaired) electrons. The lowest BCUT2D eigenvalue weighted by atomic mass is 10.0. The second-order valence-electron chi connectivity index (χ2n) is 3.39. The number of nitrogens with zero attached hydrogens (tertiary/aromatic N) is 2. The number of allylic oxidation sites excluding steroid dienone is 4. The first-order chi connectivity index (χ1) is 8.22. The maximum absolute atomic E-state index is 6.10. The highest BCUT2D eigenvalue weighted by atomic mass is 35.5. The van der Waals surface area contributed by atoms with Crippen molar-refractivity contribution in [2.75, 3.05) is 13.1 Å². The summed E-state index contributed by atoms with van der Waals surface area (Å²) in [7, 11) is 0. The SMILES string of the molecule is C=C1C(NSN)=CC=C(Cl)C1=NC1=NCCN1. The summed E-state index contributed by atoms with van der Waals surface area (Å²) in [6, 6.07) is 0. The maximum Gasteiger partial charge on any atom is 0.218 e. The van der Waals surface area contributed by atoms with Gasteiger partial charge in [-0.05, 0) is 12.2 Å². The third-order valence-electron chi connectivity index (χ3n) is 2.28. The number of hydrogen-bond donors (Lipinski definition) is 3. The number of rotatable bonds is 2. The molecule has 2 rings (SSSR count). The predicted octanol–water partition coefficient (Wildman–Crippen LogP) is 1.07. The molecule has 1 heterocycles. The Hall–Kier alpha value is -1.24. The van der Waals surface area contributed by atoms with Gasteiger partial charge >= 0.3 is 0 Å². The van der Waals surface area contributed by atoms with E-state index in [-0.39, 0.29) is 0 Å². The summed E-state index contributed by atoms with van der Waals surface area (Å²) in [5, 5.41) is 8.96. The van der Waals surface area contributed by atoms with Crippen molar-refractivity contribution in [3.05, 3.63) is 35.0 Å². The van der Waals surface area contributed by atoms with Gasteiger partial charge in [0.15, 0.2) is 0 Å². The summed E-state index contributed by atoms with van der Waals surface area (Å²) in [5.74, 6) is 0.592. The largest absolute Gasteiger partial charge is 0.353 e. The highest BCUT2D eigenvalue weighted by molar-refractivity contribution is 7.95. The Balaban J connectivity index is 2.26. The van der Waals surface area contributed by atoms with Crippen molar-refractivity contribution in [3.63, 3.8) is 0 Å². The molecule has 0 aromatic rings. The van der Waals surface area contributed by atoms with Crippen molar-refractivity contribution in [3.8, 4) is 0 Å². The molecule has 0 spiro atoms. The molecule has 0 atom stereocenters. The zero-order valence-electron chi connectivity index (χ0n) is 9.03. The average molecular weight is 270 g/mol. The van der Waals surface area contributed by atoms with E-state index in [1.807, 2.05) is 6.08 Å². The molecule has 0 amide bonds. The highest BCUT2D eigenvalue weighted by Gasteiger charge is 2.18. The topological polar surface area (TPSA) is 74.8 Å². The fraction of sp³-hybridized carbons (Fsp3) is 0.200.